The van der Waals surface area contributed by atoms with Crippen molar-refractivity contribution in [2.45, 2.75) is 6.54 Å². The SMILES string of the molecule is COc1ccccc1Nc1ncccc1C(=O)NCc1cccnc1N1CCOCC1. The third kappa shape index (κ3) is 4.92. The molecule has 0 spiro atoms. The maximum atomic E-state index is 13.0. The third-order valence-electron chi connectivity index (χ3n) is 5.03. The van der Waals surface area contributed by atoms with Crippen LogP contribution < -0.4 is 20.3 Å². The summed E-state index contributed by atoms with van der Waals surface area (Å²) in [6, 6.07) is 14.8. The molecule has 2 N–H and O–H groups in total. The number of benzene rings is 1. The van der Waals surface area contributed by atoms with Crippen LogP contribution in [0.3, 0.4) is 0 Å². The Morgan fingerprint density at radius 3 is 2.68 bits per heavy atom. The average Bonchev–Trinajstić information content (AvgIpc) is 2.84. The second-order valence-corrected chi connectivity index (χ2v) is 6.99. The van der Waals surface area contributed by atoms with E-state index in [9.17, 15) is 4.79 Å². The van der Waals surface area contributed by atoms with E-state index < -0.39 is 0 Å². The summed E-state index contributed by atoms with van der Waals surface area (Å²) in [4.78, 5) is 24.1. The predicted octanol–water partition coefficient (Wildman–Crippen LogP) is 3.00. The Morgan fingerprint density at radius 1 is 1.06 bits per heavy atom. The maximum absolute atomic E-state index is 13.0. The number of ether oxygens (including phenoxy) is 2. The lowest BCUT2D eigenvalue weighted by atomic mass is 10.2. The van der Waals surface area contributed by atoms with Gasteiger partial charge in [-0.3, -0.25) is 4.79 Å². The molecular weight excluding hydrogens is 394 g/mol. The number of pyridine rings is 2. The van der Waals surface area contributed by atoms with Gasteiger partial charge in [-0.2, -0.15) is 0 Å². The van der Waals surface area contributed by atoms with Crippen molar-refractivity contribution in [1.82, 2.24) is 15.3 Å². The first-order chi connectivity index (χ1) is 15.3. The van der Waals surface area contributed by atoms with Crippen molar-refractivity contribution in [2.24, 2.45) is 0 Å². The average molecular weight is 419 g/mol. The van der Waals surface area contributed by atoms with Gasteiger partial charge in [0.2, 0.25) is 0 Å². The van der Waals surface area contributed by atoms with E-state index >= 15 is 0 Å². The van der Waals surface area contributed by atoms with Crippen LogP contribution >= 0.6 is 0 Å². The molecule has 1 amide bonds. The van der Waals surface area contributed by atoms with Crippen molar-refractivity contribution in [3.05, 3.63) is 72.1 Å². The molecule has 8 heteroatoms. The molecular formula is C23H25N5O3. The van der Waals surface area contributed by atoms with Crippen LogP contribution in [-0.4, -0.2) is 49.3 Å². The standard InChI is InChI=1S/C23H25N5O3/c1-30-20-9-3-2-8-19(20)27-21-18(7-5-10-24-21)23(29)26-16-17-6-4-11-25-22(17)28-12-14-31-15-13-28/h2-11H,12-16H2,1H3,(H,24,27)(H,26,29). The topological polar surface area (TPSA) is 88.6 Å². The van der Waals surface area contributed by atoms with Crippen LogP contribution in [0.5, 0.6) is 5.75 Å². The lowest BCUT2D eigenvalue weighted by molar-refractivity contribution is 0.0951. The van der Waals surface area contributed by atoms with E-state index in [0.29, 0.717) is 36.9 Å². The molecule has 0 bridgehead atoms. The van der Waals surface area contributed by atoms with Gasteiger partial charge in [-0.25, -0.2) is 9.97 Å². The molecule has 3 heterocycles. The van der Waals surface area contributed by atoms with Gasteiger partial charge in [-0.1, -0.05) is 18.2 Å². The van der Waals surface area contributed by atoms with E-state index in [1.807, 2.05) is 36.4 Å². The fraction of sp³-hybridized carbons (Fsp3) is 0.261. The number of morpholine rings is 1. The van der Waals surface area contributed by atoms with Gasteiger partial charge in [-0.05, 0) is 30.3 Å². The molecule has 0 radical (unpaired) electrons. The quantitative estimate of drug-likeness (QED) is 0.609. The van der Waals surface area contributed by atoms with Crippen LogP contribution in [0.2, 0.25) is 0 Å². The zero-order chi connectivity index (χ0) is 21.5. The molecule has 0 saturated carbocycles. The van der Waals surface area contributed by atoms with E-state index in [1.54, 1.807) is 31.6 Å². The Morgan fingerprint density at radius 2 is 1.84 bits per heavy atom. The number of methoxy groups -OCH3 is 1. The number of amides is 1. The summed E-state index contributed by atoms with van der Waals surface area (Å²) >= 11 is 0. The Bertz CT molecular complexity index is 1040. The van der Waals surface area contributed by atoms with Gasteiger partial charge in [0, 0.05) is 37.6 Å². The highest BCUT2D eigenvalue weighted by atomic mass is 16.5. The number of nitrogens with one attached hydrogen (secondary N) is 2. The van der Waals surface area contributed by atoms with E-state index in [0.717, 1.165) is 30.2 Å². The minimum absolute atomic E-state index is 0.220. The Balaban J connectivity index is 1.49. The predicted molar refractivity (Wildman–Crippen MR) is 119 cm³/mol. The number of anilines is 3. The molecule has 1 aliphatic rings. The van der Waals surface area contributed by atoms with Crippen molar-refractivity contribution >= 4 is 23.2 Å². The molecule has 31 heavy (non-hydrogen) atoms. The summed E-state index contributed by atoms with van der Waals surface area (Å²) in [5.74, 6) is 1.79. The molecule has 8 nitrogen and oxygen atoms in total. The normalized spacial score (nSPS) is 13.5. The van der Waals surface area contributed by atoms with Gasteiger partial charge in [-0.15, -0.1) is 0 Å². The van der Waals surface area contributed by atoms with Crippen LogP contribution in [0.15, 0.2) is 60.9 Å². The molecule has 4 rings (SSSR count). The summed E-state index contributed by atoms with van der Waals surface area (Å²) < 4.78 is 10.8. The number of aromatic nitrogens is 2. The Labute approximate surface area is 181 Å². The van der Waals surface area contributed by atoms with Crippen LogP contribution in [-0.2, 0) is 11.3 Å². The van der Waals surface area contributed by atoms with Gasteiger partial charge in [0.15, 0.2) is 0 Å². The van der Waals surface area contributed by atoms with E-state index in [1.165, 1.54) is 0 Å². The second kappa shape index (κ2) is 9.90. The van der Waals surface area contributed by atoms with E-state index in [-0.39, 0.29) is 5.91 Å². The van der Waals surface area contributed by atoms with E-state index in [2.05, 4.69) is 25.5 Å². The molecule has 0 aliphatic carbocycles. The number of carbonyl (C=O) groups excluding carboxylic acids is 1. The first kappa shape index (κ1) is 20.6. The first-order valence-electron chi connectivity index (χ1n) is 10.2. The second-order valence-electron chi connectivity index (χ2n) is 6.99. The van der Waals surface area contributed by atoms with Crippen LogP contribution in [0.4, 0.5) is 17.3 Å². The smallest absolute Gasteiger partial charge is 0.255 e. The van der Waals surface area contributed by atoms with Gasteiger partial charge in [0.1, 0.15) is 17.4 Å². The highest BCUT2D eigenvalue weighted by Gasteiger charge is 2.18. The summed E-state index contributed by atoms with van der Waals surface area (Å²) in [5.41, 5.74) is 2.14. The zero-order valence-electron chi connectivity index (χ0n) is 17.4. The Hall–Kier alpha value is -3.65. The molecule has 2 aromatic heterocycles. The van der Waals surface area contributed by atoms with Crippen molar-refractivity contribution < 1.29 is 14.3 Å². The minimum Gasteiger partial charge on any atom is -0.495 e. The first-order valence-corrected chi connectivity index (χ1v) is 10.2. The molecule has 1 saturated heterocycles. The van der Waals surface area contributed by atoms with Crippen molar-refractivity contribution in [1.29, 1.82) is 0 Å². The molecule has 3 aromatic rings. The lowest BCUT2D eigenvalue weighted by Crippen LogP contribution is -2.37. The maximum Gasteiger partial charge on any atom is 0.255 e. The monoisotopic (exact) mass is 419 g/mol. The highest BCUT2D eigenvalue weighted by Crippen LogP contribution is 2.27. The zero-order valence-corrected chi connectivity index (χ0v) is 17.4. The summed E-state index contributed by atoms with van der Waals surface area (Å²) in [7, 11) is 1.60. The number of hydrogen-bond acceptors (Lipinski definition) is 7. The number of nitrogens with zero attached hydrogens (tertiary/aromatic N) is 3. The number of carbonyl (C=O) groups is 1. The molecule has 1 aromatic carbocycles. The fourth-order valence-electron chi connectivity index (χ4n) is 3.46. The van der Waals surface area contributed by atoms with Gasteiger partial charge in [0.05, 0.1) is 31.6 Å². The van der Waals surface area contributed by atoms with Gasteiger partial charge in [0.25, 0.3) is 5.91 Å². The van der Waals surface area contributed by atoms with Crippen molar-refractivity contribution in [3.8, 4) is 5.75 Å². The summed E-state index contributed by atoms with van der Waals surface area (Å²) in [6.07, 6.45) is 3.42. The highest BCUT2D eigenvalue weighted by molar-refractivity contribution is 5.99. The van der Waals surface area contributed by atoms with Crippen molar-refractivity contribution in [2.75, 3.05) is 43.6 Å². The molecule has 0 unspecified atom stereocenters. The molecule has 1 aliphatic heterocycles. The fourth-order valence-corrected chi connectivity index (χ4v) is 3.46. The van der Waals surface area contributed by atoms with Gasteiger partial charge < -0.3 is 25.0 Å². The third-order valence-corrected chi connectivity index (χ3v) is 5.03. The summed E-state index contributed by atoms with van der Waals surface area (Å²) in [6.45, 7) is 3.29. The number of rotatable bonds is 7. The number of para-hydroxylation sites is 2. The number of hydrogen-bond donors (Lipinski definition) is 2. The van der Waals surface area contributed by atoms with Crippen LogP contribution in [0.25, 0.3) is 0 Å². The van der Waals surface area contributed by atoms with Gasteiger partial charge >= 0.3 is 0 Å². The van der Waals surface area contributed by atoms with E-state index in [4.69, 9.17) is 9.47 Å². The molecule has 0 atom stereocenters. The van der Waals surface area contributed by atoms with Crippen molar-refractivity contribution in [3.63, 3.8) is 0 Å². The largest absolute Gasteiger partial charge is 0.495 e. The minimum atomic E-state index is -0.220. The molecule has 1 fully saturated rings. The van der Waals surface area contributed by atoms with Crippen LogP contribution in [0, 0.1) is 0 Å². The Kier molecular flexibility index (Phi) is 6.59. The van der Waals surface area contributed by atoms with Crippen LogP contribution in [0.1, 0.15) is 15.9 Å². The summed E-state index contributed by atoms with van der Waals surface area (Å²) in [5, 5.41) is 6.20. The lowest BCUT2D eigenvalue weighted by Gasteiger charge is -2.29. The molecule has 160 valence electrons.